The van der Waals surface area contributed by atoms with Crippen molar-refractivity contribution in [2.45, 2.75) is 97.6 Å². The van der Waals surface area contributed by atoms with Crippen LogP contribution in [-0.4, -0.2) is 52.4 Å². The Labute approximate surface area is 252 Å². The SMILES string of the molecule is C=C/C(=C\C)C(=O)Nc1nc2cccc(Cl)c2n1C1CCCCN(CC(=C)C)C1.CC.O=CNC1CCCCCC1. The molecule has 1 atom stereocenters. The van der Waals surface area contributed by atoms with Crippen LogP contribution in [0.4, 0.5) is 5.95 Å². The molecule has 1 saturated carbocycles. The predicted octanol–water partition coefficient (Wildman–Crippen LogP) is 7.85. The van der Waals surface area contributed by atoms with Crippen LogP contribution in [0, 0.1) is 0 Å². The zero-order valence-corrected chi connectivity index (χ0v) is 26.3. The van der Waals surface area contributed by atoms with Gasteiger partial charge in [-0.15, -0.1) is 0 Å². The molecule has 7 nitrogen and oxygen atoms in total. The summed E-state index contributed by atoms with van der Waals surface area (Å²) in [5.41, 5.74) is 3.31. The van der Waals surface area contributed by atoms with E-state index in [1.807, 2.05) is 39.0 Å². The first-order chi connectivity index (χ1) is 19.9. The second-order valence-corrected chi connectivity index (χ2v) is 11.0. The quantitative estimate of drug-likeness (QED) is 0.109. The van der Waals surface area contributed by atoms with Crippen LogP contribution in [0.5, 0.6) is 0 Å². The van der Waals surface area contributed by atoms with Gasteiger partial charge in [0.1, 0.15) is 0 Å². The van der Waals surface area contributed by atoms with Crippen molar-refractivity contribution in [1.82, 2.24) is 19.8 Å². The number of nitrogens with one attached hydrogen (secondary N) is 2. The number of benzene rings is 1. The smallest absolute Gasteiger partial charge is 0.257 e. The van der Waals surface area contributed by atoms with E-state index in [4.69, 9.17) is 16.6 Å². The molecular formula is C33H50ClN5O2. The normalized spacial score (nSPS) is 18.5. The molecule has 0 radical (unpaired) electrons. The Morgan fingerprint density at radius 3 is 2.41 bits per heavy atom. The van der Waals surface area contributed by atoms with Crippen molar-refractivity contribution in [2.75, 3.05) is 25.0 Å². The summed E-state index contributed by atoms with van der Waals surface area (Å²) >= 11 is 6.58. The summed E-state index contributed by atoms with van der Waals surface area (Å²) in [6.07, 6.45) is 15.0. The maximum atomic E-state index is 12.7. The third-order valence-corrected chi connectivity index (χ3v) is 7.73. The van der Waals surface area contributed by atoms with Crippen LogP contribution in [0.15, 0.2) is 54.7 Å². The lowest BCUT2D eigenvalue weighted by atomic mass is 10.1. The number of imidazole rings is 1. The molecular weight excluding hydrogens is 534 g/mol. The van der Waals surface area contributed by atoms with E-state index in [0.717, 1.165) is 61.9 Å². The fourth-order valence-corrected chi connectivity index (χ4v) is 5.80. The summed E-state index contributed by atoms with van der Waals surface area (Å²) < 4.78 is 2.11. The fourth-order valence-electron chi connectivity index (χ4n) is 5.54. The zero-order valence-electron chi connectivity index (χ0n) is 25.6. The van der Waals surface area contributed by atoms with Gasteiger partial charge in [0.25, 0.3) is 5.91 Å². The third-order valence-electron chi connectivity index (χ3n) is 7.43. The molecule has 4 rings (SSSR count). The fraction of sp³-hybridized carbons (Fsp3) is 0.545. The number of rotatable bonds is 8. The highest BCUT2D eigenvalue weighted by atomic mass is 35.5. The second-order valence-electron chi connectivity index (χ2n) is 10.6. The molecule has 1 aliphatic carbocycles. The van der Waals surface area contributed by atoms with Crippen LogP contribution >= 0.6 is 11.6 Å². The molecule has 1 aromatic carbocycles. The Kier molecular flexibility index (Phi) is 15.5. The Bertz CT molecular complexity index is 1160. The highest BCUT2D eigenvalue weighted by Crippen LogP contribution is 2.34. The van der Waals surface area contributed by atoms with Gasteiger partial charge in [-0.25, -0.2) is 4.98 Å². The summed E-state index contributed by atoms with van der Waals surface area (Å²) in [4.78, 5) is 29.9. The molecule has 2 aliphatic rings. The number of halogens is 1. The van der Waals surface area contributed by atoms with Crippen molar-refractivity contribution in [2.24, 2.45) is 0 Å². The maximum absolute atomic E-state index is 12.7. The molecule has 8 heteroatoms. The van der Waals surface area contributed by atoms with E-state index in [-0.39, 0.29) is 11.9 Å². The first-order valence-corrected chi connectivity index (χ1v) is 15.6. The van der Waals surface area contributed by atoms with Gasteiger partial charge in [0, 0.05) is 30.7 Å². The van der Waals surface area contributed by atoms with Crippen molar-refractivity contribution in [3.63, 3.8) is 0 Å². The van der Waals surface area contributed by atoms with Gasteiger partial charge in [0.15, 0.2) is 0 Å². The molecule has 1 aliphatic heterocycles. The number of hydrogen-bond donors (Lipinski definition) is 2. The molecule has 1 aromatic heterocycles. The number of fused-ring (bicyclic) bond motifs is 1. The first kappa shape index (κ1) is 34.3. The minimum atomic E-state index is -0.220. The van der Waals surface area contributed by atoms with E-state index in [9.17, 15) is 9.59 Å². The van der Waals surface area contributed by atoms with Gasteiger partial charge in [-0.1, -0.05) is 94.5 Å². The second kappa shape index (κ2) is 18.5. The predicted molar refractivity (Wildman–Crippen MR) is 174 cm³/mol. The van der Waals surface area contributed by atoms with Crippen molar-refractivity contribution in [1.29, 1.82) is 0 Å². The van der Waals surface area contributed by atoms with Crippen LogP contribution in [0.25, 0.3) is 11.0 Å². The van der Waals surface area contributed by atoms with Crippen LogP contribution in [0.3, 0.4) is 0 Å². The number of anilines is 1. The van der Waals surface area contributed by atoms with Gasteiger partial charge in [-0.2, -0.15) is 0 Å². The molecule has 2 N–H and O–H groups in total. The van der Waals surface area contributed by atoms with Crippen LogP contribution in [0.1, 0.15) is 91.5 Å². The summed E-state index contributed by atoms with van der Waals surface area (Å²) in [5.74, 6) is 0.309. The summed E-state index contributed by atoms with van der Waals surface area (Å²) in [6, 6.07) is 6.32. The topological polar surface area (TPSA) is 79.3 Å². The van der Waals surface area contributed by atoms with E-state index >= 15 is 0 Å². The van der Waals surface area contributed by atoms with Crippen LogP contribution in [0.2, 0.25) is 5.02 Å². The molecule has 0 bridgehead atoms. The van der Waals surface area contributed by atoms with E-state index in [1.165, 1.54) is 38.5 Å². The van der Waals surface area contributed by atoms with Gasteiger partial charge in [-0.3, -0.25) is 19.8 Å². The van der Waals surface area contributed by atoms with Crippen LogP contribution in [-0.2, 0) is 9.59 Å². The summed E-state index contributed by atoms with van der Waals surface area (Å²) in [7, 11) is 0. The average molecular weight is 584 g/mol. The Morgan fingerprint density at radius 1 is 1.12 bits per heavy atom. The number of aromatic nitrogens is 2. The van der Waals surface area contributed by atoms with Crippen molar-refractivity contribution >= 4 is 40.9 Å². The lowest BCUT2D eigenvalue weighted by Crippen LogP contribution is -2.31. The van der Waals surface area contributed by atoms with Gasteiger partial charge < -0.3 is 9.88 Å². The number of carbonyl (C=O) groups excluding carboxylic acids is 2. The molecule has 1 saturated heterocycles. The largest absolute Gasteiger partial charge is 0.356 e. The number of carbonyl (C=O) groups is 2. The van der Waals surface area contributed by atoms with Gasteiger partial charge in [-0.05, 0) is 58.2 Å². The van der Waals surface area contributed by atoms with E-state index in [1.54, 1.807) is 12.2 Å². The minimum absolute atomic E-state index is 0.162. The lowest BCUT2D eigenvalue weighted by molar-refractivity contribution is -0.112. The van der Waals surface area contributed by atoms with E-state index in [0.29, 0.717) is 22.6 Å². The molecule has 2 aromatic rings. The highest BCUT2D eigenvalue weighted by Gasteiger charge is 2.26. The van der Waals surface area contributed by atoms with Gasteiger partial charge in [0.2, 0.25) is 12.4 Å². The van der Waals surface area contributed by atoms with Gasteiger partial charge >= 0.3 is 0 Å². The Hall–Kier alpha value is -2.90. The number of likely N-dealkylation sites (tertiary alicyclic amines) is 1. The molecule has 1 unspecified atom stereocenters. The van der Waals surface area contributed by atoms with Crippen molar-refractivity contribution < 1.29 is 9.59 Å². The standard InChI is InChI=1S/C23H29ClN4O.C8H15NO.C2H6/c1-5-17(6-2)22(29)26-23-25-20-12-9-11-19(24)21(20)28(23)18-10-7-8-13-27(15-18)14-16(3)4;10-7-9-8-5-3-1-2-4-6-8;1-2/h5-6,9,11-12,18H,1,3,7-8,10,13-15H2,2,4H3,(H,25,26,29);7-8H,1-6H2,(H,9,10);1-2H3/b17-6+;;. The van der Waals surface area contributed by atoms with Crippen molar-refractivity contribution in [3.05, 3.63) is 59.7 Å². The first-order valence-electron chi connectivity index (χ1n) is 15.2. The number of allylic oxidation sites excluding steroid dienone is 1. The minimum Gasteiger partial charge on any atom is -0.356 e. The molecule has 226 valence electrons. The highest BCUT2D eigenvalue weighted by molar-refractivity contribution is 6.35. The third kappa shape index (κ3) is 10.5. The van der Waals surface area contributed by atoms with E-state index < -0.39 is 0 Å². The Morgan fingerprint density at radius 2 is 1.80 bits per heavy atom. The lowest BCUT2D eigenvalue weighted by Gasteiger charge is -2.27. The summed E-state index contributed by atoms with van der Waals surface area (Å²) in [5, 5.41) is 6.46. The monoisotopic (exact) mass is 583 g/mol. The molecule has 2 fully saturated rings. The Balaban J connectivity index is 0.000000410. The number of hydrogen-bond acceptors (Lipinski definition) is 4. The molecule has 0 spiro atoms. The average Bonchev–Trinajstić information content (AvgIpc) is 3.11. The zero-order chi connectivity index (χ0) is 30.2. The number of amides is 2. The van der Waals surface area contributed by atoms with Crippen molar-refractivity contribution in [3.8, 4) is 0 Å². The number of nitrogens with zero attached hydrogens (tertiary/aromatic N) is 3. The molecule has 2 amide bonds. The molecule has 2 heterocycles. The van der Waals surface area contributed by atoms with Crippen LogP contribution < -0.4 is 10.6 Å². The maximum Gasteiger partial charge on any atom is 0.257 e. The van der Waals surface area contributed by atoms with E-state index in [2.05, 4.69) is 40.2 Å². The summed E-state index contributed by atoms with van der Waals surface area (Å²) in [6.45, 7) is 18.5. The molecule has 41 heavy (non-hydrogen) atoms. The number of para-hydroxylation sites is 1. The van der Waals surface area contributed by atoms with Gasteiger partial charge in [0.05, 0.1) is 16.1 Å².